The lowest BCUT2D eigenvalue weighted by atomic mass is 10.2. The minimum absolute atomic E-state index is 0.216. The van der Waals surface area contributed by atoms with Crippen molar-refractivity contribution in [2.75, 3.05) is 11.9 Å². The molecule has 0 atom stereocenters. The van der Waals surface area contributed by atoms with Gasteiger partial charge in [-0.15, -0.1) is 0 Å². The fourth-order valence-electron chi connectivity index (χ4n) is 0.951. The van der Waals surface area contributed by atoms with Gasteiger partial charge in [-0.05, 0) is 24.6 Å². The van der Waals surface area contributed by atoms with Crippen LogP contribution < -0.4 is 5.32 Å². The zero-order valence-electron chi connectivity index (χ0n) is 7.81. The number of hydrogen-bond donors (Lipinski definition) is 1. The summed E-state index contributed by atoms with van der Waals surface area (Å²) in [5.74, 6) is -0.216. The van der Waals surface area contributed by atoms with E-state index in [0.717, 1.165) is 17.7 Å². The normalized spacial score (nSPS) is 9.69. The highest BCUT2D eigenvalue weighted by Crippen LogP contribution is 2.09. The predicted octanol–water partition coefficient (Wildman–Crippen LogP) is 3.20. The lowest BCUT2D eigenvalue weighted by Crippen LogP contribution is -2.03. The zero-order valence-corrected chi connectivity index (χ0v) is 7.81. The van der Waals surface area contributed by atoms with Crippen molar-refractivity contribution in [1.29, 1.82) is 0 Å². The van der Waals surface area contributed by atoms with E-state index in [0.29, 0.717) is 6.54 Å². The number of halogens is 1. The Kier molecular flexibility index (Phi) is 3.50. The van der Waals surface area contributed by atoms with E-state index in [1.807, 2.05) is 6.07 Å². The molecule has 0 aromatic heterocycles. The molecule has 0 saturated carbocycles. The van der Waals surface area contributed by atoms with Gasteiger partial charge in [0.2, 0.25) is 0 Å². The molecule has 0 amide bonds. The van der Waals surface area contributed by atoms with Crippen LogP contribution in [0.5, 0.6) is 0 Å². The maximum absolute atomic E-state index is 12.7. The van der Waals surface area contributed by atoms with E-state index >= 15 is 0 Å². The van der Waals surface area contributed by atoms with Gasteiger partial charge in [0.1, 0.15) is 5.82 Å². The van der Waals surface area contributed by atoms with Gasteiger partial charge in [0.15, 0.2) is 0 Å². The van der Waals surface area contributed by atoms with E-state index in [9.17, 15) is 4.39 Å². The second kappa shape index (κ2) is 4.65. The Labute approximate surface area is 78.3 Å². The van der Waals surface area contributed by atoms with Gasteiger partial charge in [0.05, 0.1) is 0 Å². The Morgan fingerprint density at radius 1 is 1.54 bits per heavy atom. The molecule has 0 radical (unpaired) electrons. The summed E-state index contributed by atoms with van der Waals surface area (Å²) in [5, 5.41) is 3.10. The third kappa shape index (κ3) is 3.28. The highest BCUT2D eigenvalue weighted by atomic mass is 19.1. The van der Waals surface area contributed by atoms with Crippen LogP contribution in [0.4, 0.5) is 10.1 Å². The summed E-state index contributed by atoms with van der Waals surface area (Å²) in [6, 6.07) is 6.43. The van der Waals surface area contributed by atoms with Crippen molar-refractivity contribution in [2.45, 2.75) is 13.3 Å². The molecule has 0 heterocycles. The van der Waals surface area contributed by atoms with Gasteiger partial charge >= 0.3 is 0 Å². The Hall–Kier alpha value is -1.31. The van der Waals surface area contributed by atoms with Gasteiger partial charge in [-0.1, -0.05) is 25.1 Å². The van der Waals surface area contributed by atoms with Gasteiger partial charge in [-0.3, -0.25) is 0 Å². The lowest BCUT2D eigenvalue weighted by Gasteiger charge is -2.06. The van der Waals surface area contributed by atoms with E-state index in [1.54, 1.807) is 6.07 Å². The van der Waals surface area contributed by atoms with Crippen molar-refractivity contribution < 1.29 is 4.39 Å². The molecule has 70 valence electrons. The van der Waals surface area contributed by atoms with Crippen molar-refractivity contribution in [2.24, 2.45) is 0 Å². The number of nitrogens with one attached hydrogen (secondary N) is 1. The largest absolute Gasteiger partial charge is 0.381 e. The maximum atomic E-state index is 12.7. The SMILES string of the molecule is C=C(CC)CNc1cccc(F)c1. The zero-order chi connectivity index (χ0) is 9.68. The van der Waals surface area contributed by atoms with Crippen LogP contribution in [0.1, 0.15) is 13.3 Å². The Morgan fingerprint density at radius 2 is 2.31 bits per heavy atom. The van der Waals surface area contributed by atoms with Gasteiger partial charge < -0.3 is 5.32 Å². The van der Waals surface area contributed by atoms with Crippen LogP contribution in [0, 0.1) is 5.82 Å². The Bertz CT molecular complexity index is 294. The highest BCUT2D eigenvalue weighted by molar-refractivity contribution is 5.44. The summed E-state index contributed by atoms with van der Waals surface area (Å²) in [6.45, 7) is 6.61. The minimum Gasteiger partial charge on any atom is -0.381 e. The Balaban J connectivity index is 2.50. The molecule has 2 heteroatoms. The fraction of sp³-hybridized carbons (Fsp3) is 0.273. The average Bonchev–Trinajstić information content (AvgIpc) is 2.14. The summed E-state index contributed by atoms with van der Waals surface area (Å²) in [6.07, 6.45) is 0.947. The molecular weight excluding hydrogens is 165 g/mol. The molecule has 1 rings (SSSR count). The van der Waals surface area contributed by atoms with Crippen LogP contribution >= 0.6 is 0 Å². The topological polar surface area (TPSA) is 12.0 Å². The van der Waals surface area contributed by atoms with Gasteiger partial charge in [0.25, 0.3) is 0 Å². The van der Waals surface area contributed by atoms with Gasteiger partial charge in [0, 0.05) is 12.2 Å². The Morgan fingerprint density at radius 3 is 2.92 bits per heavy atom. The van der Waals surface area contributed by atoms with Crippen molar-refractivity contribution in [1.82, 2.24) is 0 Å². The summed E-state index contributed by atoms with van der Waals surface area (Å²) in [5.41, 5.74) is 1.92. The second-order valence-corrected chi connectivity index (χ2v) is 2.97. The van der Waals surface area contributed by atoms with Crippen molar-refractivity contribution in [3.05, 3.63) is 42.2 Å². The second-order valence-electron chi connectivity index (χ2n) is 2.97. The quantitative estimate of drug-likeness (QED) is 0.700. The molecule has 1 aromatic carbocycles. The number of rotatable bonds is 4. The first-order valence-electron chi connectivity index (χ1n) is 4.38. The van der Waals surface area contributed by atoms with E-state index in [2.05, 4.69) is 18.8 Å². The average molecular weight is 179 g/mol. The molecule has 1 aromatic rings. The molecule has 1 N–H and O–H groups in total. The molecule has 0 bridgehead atoms. The van der Waals surface area contributed by atoms with Crippen LogP contribution in [-0.2, 0) is 0 Å². The van der Waals surface area contributed by atoms with Gasteiger partial charge in [-0.25, -0.2) is 4.39 Å². The first kappa shape index (κ1) is 9.78. The van der Waals surface area contributed by atoms with E-state index < -0.39 is 0 Å². The van der Waals surface area contributed by atoms with Crippen molar-refractivity contribution in [3.8, 4) is 0 Å². The van der Waals surface area contributed by atoms with Crippen LogP contribution in [0.15, 0.2) is 36.4 Å². The minimum atomic E-state index is -0.216. The smallest absolute Gasteiger partial charge is 0.125 e. The molecule has 0 spiro atoms. The van der Waals surface area contributed by atoms with Crippen LogP contribution in [0.2, 0.25) is 0 Å². The van der Waals surface area contributed by atoms with Crippen LogP contribution in [-0.4, -0.2) is 6.54 Å². The number of hydrogen-bond acceptors (Lipinski definition) is 1. The molecule has 13 heavy (non-hydrogen) atoms. The monoisotopic (exact) mass is 179 g/mol. The molecular formula is C11H14FN. The van der Waals surface area contributed by atoms with Gasteiger partial charge in [-0.2, -0.15) is 0 Å². The van der Waals surface area contributed by atoms with Crippen LogP contribution in [0.3, 0.4) is 0 Å². The lowest BCUT2D eigenvalue weighted by molar-refractivity contribution is 0.628. The highest BCUT2D eigenvalue weighted by Gasteiger charge is 1.94. The number of anilines is 1. The number of benzene rings is 1. The molecule has 0 unspecified atom stereocenters. The first-order chi connectivity index (χ1) is 6.22. The third-order valence-electron chi connectivity index (χ3n) is 1.87. The van der Waals surface area contributed by atoms with E-state index in [1.165, 1.54) is 12.1 Å². The van der Waals surface area contributed by atoms with Crippen LogP contribution in [0.25, 0.3) is 0 Å². The summed E-state index contributed by atoms with van der Waals surface area (Å²) in [7, 11) is 0. The molecule has 0 fully saturated rings. The van der Waals surface area contributed by atoms with Crippen molar-refractivity contribution >= 4 is 5.69 Å². The maximum Gasteiger partial charge on any atom is 0.125 e. The summed E-state index contributed by atoms with van der Waals surface area (Å²) < 4.78 is 12.7. The molecule has 0 aliphatic heterocycles. The predicted molar refractivity (Wildman–Crippen MR) is 54.3 cm³/mol. The van der Waals surface area contributed by atoms with E-state index in [4.69, 9.17) is 0 Å². The fourth-order valence-corrected chi connectivity index (χ4v) is 0.951. The molecule has 0 saturated heterocycles. The summed E-state index contributed by atoms with van der Waals surface area (Å²) >= 11 is 0. The standard InChI is InChI=1S/C11H14FN/c1-3-9(2)8-13-11-6-4-5-10(12)7-11/h4-7,13H,2-3,8H2,1H3. The first-order valence-corrected chi connectivity index (χ1v) is 4.38. The third-order valence-corrected chi connectivity index (χ3v) is 1.87. The molecule has 0 aliphatic rings. The van der Waals surface area contributed by atoms with Crippen molar-refractivity contribution in [3.63, 3.8) is 0 Å². The molecule has 1 nitrogen and oxygen atoms in total. The summed E-state index contributed by atoms with van der Waals surface area (Å²) in [4.78, 5) is 0. The molecule has 0 aliphatic carbocycles. The van der Waals surface area contributed by atoms with E-state index in [-0.39, 0.29) is 5.82 Å².